The minimum Gasteiger partial charge on any atom is -0.481 e. The second-order valence-corrected chi connectivity index (χ2v) is 4.56. The fraction of sp³-hybridized carbons (Fsp3) is 0.538. The van der Waals surface area contributed by atoms with Crippen molar-refractivity contribution in [1.29, 1.82) is 0 Å². The summed E-state index contributed by atoms with van der Waals surface area (Å²) in [5.41, 5.74) is 0.646. The summed E-state index contributed by atoms with van der Waals surface area (Å²) in [7, 11) is 1.47. The molecule has 0 aliphatic heterocycles. The number of aliphatic carboxylic acids is 1. The maximum absolute atomic E-state index is 11.9. The van der Waals surface area contributed by atoms with Crippen LogP contribution in [-0.2, 0) is 4.79 Å². The number of carboxylic acid groups (broad SMARTS) is 1. The van der Waals surface area contributed by atoms with Gasteiger partial charge < -0.3 is 15.2 Å². The Bertz CT molecular complexity index is 507. The average Bonchev–Trinajstić information content (AvgIpc) is 2.37. The smallest absolute Gasteiger partial charge is 0.321 e. The van der Waals surface area contributed by atoms with Gasteiger partial charge in [0.1, 0.15) is 0 Å². The van der Waals surface area contributed by atoms with Crippen molar-refractivity contribution in [3.63, 3.8) is 0 Å². The summed E-state index contributed by atoms with van der Waals surface area (Å²) in [6.45, 7) is 3.67. The molecule has 1 unspecified atom stereocenters. The lowest BCUT2D eigenvalue weighted by molar-refractivity contribution is -0.137. The first-order valence-corrected chi connectivity index (χ1v) is 6.63. The molecule has 1 heterocycles. The highest BCUT2D eigenvalue weighted by molar-refractivity contribution is 5.88. The number of methoxy groups -OCH3 is 1. The number of hydrogen-bond acceptors (Lipinski definition) is 5. The number of hydrogen-bond donors (Lipinski definition) is 3. The van der Waals surface area contributed by atoms with Gasteiger partial charge in [-0.15, -0.1) is 0 Å². The normalized spacial score (nSPS) is 11.6. The molecule has 116 valence electrons. The van der Waals surface area contributed by atoms with E-state index in [1.807, 2.05) is 6.92 Å². The van der Waals surface area contributed by atoms with E-state index in [1.54, 1.807) is 13.0 Å². The van der Waals surface area contributed by atoms with Crippen molar-refractivity contribution < 1.29 is 19.4 Å². The number of carbonyl (C=O) groups excluding carboxylic acids is 1. The Kier molecular flexibility index (Phi) is 6.38. The Morgan fingerprint density at radius 2 is 2.14 bits per heavy atom. The van der Waals surface area contributed by atoms with Gasteiger partial charge in [0, 0.05) is 17.8 Å². The predicted molar refractivity (Wildman–Crippen MR) is 76.4 cm³/mol. The van der Waals surface area contributed by atoms with E-state index in [1.165, 1.54) is 7.11 Å². The Balaban J connectivity index is 2.66. The highest BCUT2D eigenvalue weighted by Crippen LogP contribution is 2.11. The van der Waals surface area contributed by atoms with Gasteiger partial charge in [-0.25, -0.2) is 9.78 Å². The van der Waals surface area contributed by atoms with Crippen molar-refractivity contribution in [3.8, 4) is 5.88 Å². The second kappa shape index (κ2) is 8.03. The minimum atomic E-state index is -0.956. The van der Waals surface area contributed by atoms with Crippen LogP contribution in [0, 0.1) is 6.92 Å². The van der Waals surface area contributed by atoms with E-state index in [9.17, 15) is 9.59 Å². The molecular weight excluding hydrogens is 276 g/mol. The standard InChI is InChI=1S/C13H20N4O4/c1-4-5-9(7-11(18)19)15-13(20)17-12-14-8(2)6-10(16-12)21-3/h6,9H,4-5,7H2,1-3H3,(H,18,19)(H2,14,15,16,17,20). The molecule has 1 aromatic rings. The maximum Gasteiger partial charge on any atom is 0.321 e. The largest absolute Gasteiger partial charge is 0.481 e. The second-order valence-electron chi connectivity index (χ2n) is 4.56. The Morgan fingerprint density at radius 1 is 1.43 bits per heavy atom. The molecule has 0 radical (unpaired) electrons. The van der Waals surface area contributed by atoms with Crippen LogP contribution in [0.25, 0.3) is 0 Å². The monoisotopic (exact) mass is 296 g/mol. The van der Waals surface area contributed by atoms with Gasteiger partial charge >= 0.3 is 12.0 Å². The van der Waals surface area contributed by atoms with E-state index in [2.05, 4.69) is 20.6 Å². The number of urea groups is 1. The number of aromatic nitrogens is 2. The van der Waals surface area contributed by atoms with E-state index in [0.717, 1.165) is 6.42 Å². The van der Waals surface area contributed by atoms with Gasteiger partial charge in [-0.3, -0.25) is 10.1 Å². The summed E-state index contributed by atoms with van der Waals surface area (Å²) < 4.78 is 4.99. The predicted octanol–water partition coefficient (Wildman–Crippen LogP) is 1.56. The topological polar surface area (TPSA) is 113 Å². The van der Waals surface area contributed by atoms with Crippen molar-refractivity contribution >= 4 is 17.9 Å². The van der Waals surface area contributed by atoms with Crippen LogP contribution in [0.1, 0.15) is 31.9 Å². The maximum atomic E-state index is 11.9. The summed E-state index contributed by atoms with van der Waals surface area (Å²) >= 11 is 0. The van der Waals surface area contributed by atoms with Crippen LogP contribution < -0.4 is 15.4 Å². The lowest BCUT2D eigenvalue weighted by atomic mass is 10.1. The number of carboxylic acids is 1. The quantitative estimate of drug-likeness (QED) is 0.703. The molecule has 0 fully saturated rings. The molecule has 21 heavy (non-hydrogen) atoms. The van der Waals surface area contributed by atoms with Crippen LogP contribution in [0.5, 0.6) is 5.88 Å². The van der Waals surface area contributed by atoms with Crippen molar-refractivity contribution in [1.82, 2.24) is 15.3 Å². The van der Waals surface area contributed by atoms with E-state index in [-0.39, 0.29) is 12.4 Å². The first kappa shape index (κ1) is 16.7. The molecule has 2 amide bonds. The molecule has 0 aromatic carbocycles. The number of carbonyl (C=O) groups is 2. The van der Waals surface area contributed by atoms with Crippen LogP contribution >= 0.6 is 0 Å². The molecule has 1 aromatic heterocycles. The lowest BCUT2D eigenvalue weighted by Gasteiger charge is -2.16. The van der Waals surface area contributed by atoms with Gasteiger partial charge in [0.25, 0.3) is 0 Å². The molecule has 1 rings (SSSR count). The lowest BCUT2D eigenvalue weighted by Crippen LogP contribution is -2.39. The van der Waals surface area contributed by atoms with E-state index < -0.39 is 18.0 Å². The summed E-state index contributed by atoms with van der Waals surface area (Å²) in [5.74, 6) is -0.509. The number of nitrogens with one attached hydrogen (secondary N) is 2. The number of ether oxygens (including phenoxy) is 1. The molecule has 1 atom stereocenters. The van der Waals surface area contributed by atoms with Gasteiger partial charge in [0.05, 0.1) is 13.5 Å². The fourth-order valence-electron chi connectivity index (χ4n) is 1.81. The molecule has 0 bridgehead atoms. The molecular formula is C13H20N4O4. The third-order valence-electron chi connectivity index (χ3n) is 2.66. The third-order valence-corrected chi connectivity index (χ3v) is 2.66. The molecule has 8 nitrogen and oxygen atoms in total. The molecule has 0 aliphatic rings. The van der Waals surface area contributed by atoms with Crippen molar-refractivity contribution in [2.45, 2.75) is 39.2 Å². The summed E-state index contributed by atoms with van der Waals surface area (Å²) in [6.07, 6.45) is 1.23. The first-order valence-electron chi connectivity index (χ1n) is 6.63. The summed E-state index contributed by atoms with van der Waals surface area (Å²) in [6, 6.07) is 0.662. The van der Waals surface area contributed by atoms with Gasteiger partial charge in [-0.05, 0) is 13.3 Å². The Morgan fingerprint density at radius 3 is 2.71 bits per heavy atom. The van der Waals surface area contributed by atoms with E-state index in [4.69, 9.17) is 9.84 Å². The highest BCUT2D eigenvalue weighted by Gasteiger charge is 2.16. The summed E-state index contributed by atoms with van der Waals surface area (Å²) in [5, 5.41) is 13.9. The van der Waals surface area contributed by atoms with Crippen molar-refractivity contribution in [3.05, 3.63) is 11.8 Å². The highest BCUT2D eigenvalue weighted by atomic mass is 16.5. The van der Waals surface area contributed by atoms with Crippen LogP contribution in [0.15, 0.2) is 6.07 Å². The number of aryl methyl sites for hydroxylation is 1. The van der Waals surface area contributed by atoms with Gasteiger partial charge in [0.2, 0.25) is 11.8 Å². The van der Waals surface area contributed by atoms with Gasteiger partial charge in [-0.1, -0.05) is 13.3 Å². The molecule has 0 saturated carbocycles. The number of anilines is 1. The van der Waals surface area contributed by atoms with Crippen LogP contribution in [0.3, 0.4) is 0 Å². The number of nitrogens with zero attached hydrogens (tertiary/aromatic N) is 2. The number of rotatable bonds is 7. The van der Waals surface area contributed by atoms with Gasteiger partial charge in [-0.2, -0.15) is 4.98 Å². The first-order chi connectivity index (χ1) is 9.94. The molecule has 0 aliphatic carbocycles. The van der Waals surface area contributed by atoms with Crippen molar-refractivity contribution in [2.24, 2.45) is 0 Å². The zero-order valence-corrected chi connectivity index (χ0v) is 12.3. The molecule has 8 heteroatoms. The van der Waals surface area contributed by atoms with E-state index in [0.29, 0.717) is 18.0 Å². The average molecular weight is 296 g/mol. The molecule has 0 spiro atoms. The Labute approximate surface area is 122 Å². The zero-order chi connectivity index (χ0) is 15.8. The minimum absolute atomic E-state index is 0.106. The van der Waals surface area contributed by atoms with Crippen molar-refractivity contribution in [2.75, 3.05) is 12.4 Å². The third kappa shape index (κ3) is 6.07. The fourth-order valence-corrected chi connectivity index (χ4v) is 1.81. The van der Waals surface area contributed by atoms with E-state index >= 15 is 0 Å². The molecule has 0 saturated heterocycles. The Hall–Kier alpha value is -2.38. The zero-order valence-electron chi connectivity index (χ0n) is 12.3. The van der Waals surface area contributed by atoms with Gasteiger partial charge in [0.15, 0.2) is 0 Å². The molecule has 3 N–H and O–H groups in total. The van der Waals surface area contributed by atoms with Crippen LogP contribution in [-0.4, -0.2) is 40.2 Å². The summed E-state index contributed by atoms with van der Waals surface area (Å²) in [4.78, 5) is 30.6. The van der Waals surface area contributed by atoms with Crippen LogP contribution in [0.4, 0.5) is 10.7 Å². The SMILES string of the molecule is CCCC(CC(=O)O)NC(=O)Nc1nc(C)cc(OC)n1. The number of amides is 2. The van der Waals surface area contributed by atoms with Crippen LogP contribution in [0.2, 0.25) is 0 Å².